The minimum atomic E-state index is 0.730. The second-order valence-electron chi connectivity index (χ2n) is 4.68. The molecule has 2 heterocycles. The molecule has 2 aromatic heterocycles. The lowest BCUT2D eigenvalue weighted by atomic mass is 10.2. The molecule has 21 heavy (non-hydrogen) atoms. The van der Waals surface area contributed by atoms with Gasteiger partial charge in [-0.1, -0.05) is 0 Å². The number of nitrogens with zero attached hydrogens (tertiary/aromatic N) is 4. The van der Waals surface area contributed by atoms with Crippen LogP contribution in [0.3, 0.4) is 0 Å². The Hall–Kier alpha value is -2.21. The number of nitrogens with one attached hydrogen (secondary N) is 1. The van der Waals surface area contributed by atoms with E-state index in [1.165, 1.54) is 0 Å². The van der Waals surface area contributed by atoms with Crippen LogP contribution >= 0.6 is 15.9 Å². The highest BCUT2D eigenvalue weighted by molar-refractivity contribution is 9.10. The summed E-state index contributed by atoms with van der Waals surface area (Å²) < 4.78 is 2.68. The summed E-state index contributed by atoms with van der Waals surface area (Å²) in [5, 5.41) is 7.65. The molecule has 6 heteroatoms. The monoisotopic (exact) mass is 343 g/mol. The minimum Gasteiger partial charge on any atom is -0.381 e. The third kappa shape index (κ3) is 3.46. The van der Waals surface area contributed by atoms with Gasteiger partial charge in [0.25, 0.3) is 0 Å². The van der Waals surface area contributed by atoms with Crippen molar-refractivity contribution < 1.29 is 0 Å². The van der Waals surface area contributed by atoms with Crippen LogP contribution in [0.25, 0.3) is 11.4 Å². The molecule has 0 fully saturated rings. The summed E-state index contributed by atoms with van der Waals surface area (Å²) in [6, 6.07) is 10.1. The summed E-state index contributed by atoms with van der Waals surface area (Å²) in [7, 11) is 1.86. The van der Waals surface area contributed by atoms with E-state index in [0.717, 1.165) is 33.7 Å². The van der Waals surface area contributed by atoms with Crippen LogP contribution in [0.2, 0.25) is 0 Å². The highest BCUT2D eigenvalue weighted by Gasteiger charge is 2.02. The van der Waals surface area contributed by atoms with Crippen molar-refractivity contribution in [2.45, 2.75) is 6.54 Å². The van der Waals surface area contributed by atoms with Crippen LogP contribution in [0.15, 0.2) is 53.5 Å². The van der Waals surface area contributed by atoms with Gasteiger partial charge in [0, 0.05) is 41.7 Å². The van der Waals surface area contributed by atoms with Gasteiger partial charge in [0.1, 0.15) is 6.33 Å². The Kier molecular flexibility index (Phi) is 3.96. The minimum absolute atomic E-state index is 0.730. The Balaban J connectivity index is 1.67. The molecule has 0 amide bonds. The lowest BCUT2D eigenvalue weighted by Crippen LogP contribution is -1.99. The molecule has 0 bridgehead atoms. The van der Waals surface area contributed by atoms with Crippen molar-refractivity contribution in [2.24, 2.45) is 7.05 Å². The Morgan fingerprint density at radius 2 is 2.00 bits per heavy atom. The van der Waals surface area contributed by atoms with Crippen LogP contribution in [0, 0.1) is 0 Å². The largest absolute Gasteiger partial charge is 0.381 e. The van der Waals surface area contributed by atoms with Gasteiger partial charge in [-0.25, -0.2) is 4.98 Å². The van der Waals surface area contributed by atoms with Gasteiger partial charge in [0.2, 0.25) is 0 Å². The fourth-order valence-corrected chi connectivity index (χ4v) is 2.38. The van der Waals surface area contributed by atoms with Gasteiger partial charge in [-0.05, 0) is 51.8 Å². The molecule has 1 aromatic carbocycles. The van der Waals surface area contributed by atoms with Crippen LogP contribution in [-0.4, -0.2) is 19.7 Å². The maximum absolute atomic E-state index is 4.29. The summed E-state index contributed by atoms with van der Waals surface area (Å²) in [6.45, 7) is 0.730. The van der Waals surface area contributed by atoms with Crippen molar-refractivity contribution in [3.05, 3.63) is 59.1 Å². The highest BCUT2D eigenvalue weighted by atomic mass is 79.9. The SMILES string of the molecule is Cn1cnc(-c2ccc(NCc3cncc(Br)c3)cc2)n1. The maximum atomic E-state index is 4.29. The number of hydrogen-bond acceptors (Lipinski definition) is 4. The third-order valence-corrected chi connectivity index (χ3v) is 3.43. The molecule has 0 atom stereocenters. The number of aryl methyl sites for hydroxylation is 1. The van der Waals surface area contributed by atoms with Gasteiger partial charge in [0.15, 0.2) is 5.82 Å². The summed E-state index contributed by atoms with van der Waals surface area (Å²) >= 11 is 3.42. The topological polar surface area (TPSA) is 55.6 Å². The van der Waals surface area contributed by atoms with E-state index in [1.54, 1.807) is 17.2 Å². The molecule has 3 aromatic rings. The Morgan fingerprint density at radius 1 is 1.19 bits per heavy atom. The predicted molar refractivity (Wildman–Crippen MR) is 85.7 cm³/mol. The number of aromatic nitrogens is 4. The Bertz CT molecular complexity index is 736. The maximum Gasteiger partial charge on any atom is 0.181 e. The lowest BCUT2D eigenvalue weighted by Gasteiger charge is -2.07. The van der Waals surface area contributed by atoms with Crippen molar-refractivity contribution in [1.29, 1.82) is 0 Å². The van der Waals surface area contributed by atoms with E-state index in [9.17, 15) is 0 Å². The summed E-state index contributed by atoms with van der Waals surface area (Å²) in [5.41, 5.74) is 3.18. The van der Waals surface area contributed by atoms with Gasteiger partial charge >= 0.3 is 0 Å². The van der Waals surface area contributed by atoms with E-state index in [-0.39, 0.29) is 0 Å². The van der Waals surface area contributed by atoms with Crippen LogP contribution in [-0.2, 0) is 13.6 Å². The first-order valence-electron chi connectivity index (χ1n) is 6.50. The zero-order valence-corrected chi connectivity index (χ0v) is 13.1. The number of benzene rings is 1. The van der Waals surface area contributed by atoms with Crippen LogP contribution in [0.4, 0.5) is 5.69 Å². The molecule has 0 unspecified atom stereocenters. The quantitative estimate of drug-likeness (QED) is 0.789. The van der Waals surface area contributed by atoms with Gasteiger partial charge in [0.05, 0.1) is 0 Å². The van der Waals surface area contributed by atoms with Crippen molar-refractivity contribution in [3.8, 4) is 11.4 Å². The first-order valence-corrected chi connectivity index (χ1v) is 7.29. The van der Waals surface area contributed by atoms with Crippen molar-refractivity contribution in [1.82, 2.24) is 19.7 Å². The molecule has 0 aliphatic carbocycles. The molecule has 1 N–H and O–H groups in total. The zero-order chi connectivity index (χ0) is 14.7. The van der Waals surface area contributed by atoms with E-state index < -0.39 is 0 Å². The van der Waals surface area contributed by atoms with Gasteiger partial charge in [-0.3, -0.25) is 9.67 Å². The van der Waals surface area contributed by atoms with E-state index in [1.807, 2.05) is 43.6 Å². The zero-order valence-electron chi connectivity index (χ0n) is 11.5. The second kappa shape index (κ2) is 6.05. The summed E-state index contributed by atoms with van der Waals surface area (Å²) in [6.07, 6.45) is 5.32. The molecule has 0 aliphatic heterocycles. The van der Waals surface area contributed by atoms with Crippen LogP contribution in [0.1, 0.15) is 5.56 Å². The van der Waals surface area contributed by atoms with E-state index >= 15 is 0 Å². The van der Waals surface area contributed by atoms with Crippen molar-refractivity contribution in [2.75, 3.05) is 5.32 Å². The number of halogens is 1. The molecular formula is C15H14BrN5. The number of pyridine rings is 1. The highest BCUT2D eigenvalue weighted by Crippen LogP contribution is 2.18. The first-order chi connectivity index (χ1) is 10.2. The molecule has 0 aliphatic rings. The average molecular weight is 344 g/mol. The van der Waals surface area contributed by atoms with Crippen LogP contribution in [0.5, 0.6) is 0 Å². The normalized spacial score (nSPS) is 10.6. The Labute approximate surface area is 131 Å². The molecule has 0 spiro atoms. The van der Waals surface area contributed by atoms with Crippen molar-refractivity contribution >= 4 is 21.6 Å². The van der Waals surface area contributed by atoms with E-state index in [4.69, 9.17) is 0 Å². The molecule has 3 rings (SSSR count). The average Bonchev–Trinajstić information content (AvgIpc) is 2.92. The standard InChI is InChI=1S/C15H14BrN5/c1-21-10-19-15(20-21)12-2-4-14(5-3-12)18-8-11-6-13(16)9-17-7-11/h2-7,9-10,18H,8H2,1H3. The summed E-state index contributed by atoms with van der Waals surface area (Å²) in [4.78, 5) is 8.38. The smallest absolute Gasteiger partial charge is 0.181 e. The molecular weight excluding hydrogens is 330 g/mol. The van der Waals surface area contributed by atoms with Crippen molar-refractivity contribution in [3.63, 3.8) is 0 Å². The number of rotatable bonds is 4. The van der Waals surface area contributed by atoms with Gasteiger partial charge in [-0.15, -0.1) is 0 Å². The Morgan fingerprint density at radius 3 is 2.67 bits per heavy atom. The van der Waals surface area contributed by atoms with E-state index in [0.29, 0.717) is 0 Å². The summed E-state index contributed by atoms with van der Waals surface area (Å²) in [5.74, 6) is 0.736. The molecule has 5 nitrogen and oxygen atoms in total. The van der Waals surface area contributed by atoms with Gasteiger partial charge in [-0.2, -0.15) is 5.10 Å². The molecule has 106 valence electrons. The fourth-order valence-electron chi connectivity index (χ4n) is 1.97. The molecule has 0 radical (unpaired) electrons. The third-order valence-electron chi connectivity index (χ3n) is 3.00. The number of anilines is 1. The second-order valence-corrected chi connectivity index (χ2v) is 5.60. The van der Waals surface area contributed by atoms with E-state index in [2.05, 4.69) is 36.3 Å². The van der Waals surface area contributed by atoms with Gasteiger partial charge < -0.3 is 5.32 Å². The number of hydrogen-bond donors (Lipinski definition) is 1. The fraction of sp³-hybridized carbons (Fsp3) is 0.133. The molecule has 0 saturated heterocycles. The molecule has 0 saturated carbocycles. The first kappa shape index (κ1) is 13.8. The lowest BCUT2D eigenvalue weighted by molar-refractivity contribution is 0.768. The van der Waals surface area contributed by atoms with Crippen LogP contribution < -0.4 is 5.32 Å². The predicted octanol–water partition coefficient (Wildman–Crippen LogP) is 3.25.